The number of anilines is 1. The summed E-state index contributed by atoms with van der Waals surface area (Å²) >= 11 is 0. The average molecular weight is 438 g/mol. The van der Waals surface area contributed by atoms with Gasteiger partial charge in [0.2, 0.25) is 0 Å². The van der Waals surface area contributed by atoms with Crippen LogP contribution in [0.4, 0.5) is 5.82 Å². The topological polar surface area (TPSA) is 54.3 Å². The summed E-state index contributed by atoms with van der Waals surface area (Å²) in [5.41, 5.74) is 4.54. The minimum atomic E-state index is -0.0310. The van der Waals surface area contributed by atoms with E-state index in [-0.39, 0.29) is 5.91 Å². The molecule has 0 atom stereocenters. The Morgan fingerprint density at radius 3 is 2.36 bits per heavy atom. The van der Waals surface area contributed by atoms with Gasteiger partial charge in [-0.25, -0.2) is 9.67 Å². The van der Waals surface area contributed by atoms with Crippen LogP contribution in [-0.2, 0) is 6.54 Å². The maximum Gasteiger partial charge on any atom is 0.257 e. The second kappa shape index (κ2) is 9.28. The molecular weight excluding hydrogens is 410 g/mol. The zero-order valence-electron chi connectivity index (χ0n) is 18.8. The Balaban J connectivity index is 1.46. The lowest BCUT2D eigenvalue weighted by Gasteiger charge is -2.23. The van der Waals surface area contributed by atoms with Gasteiger partial charge in [0.25, 0.3) is 5.91 Å². The lowest BCUT2D eigenvalue weighted by atomic mass is 10.1. The van der Waals surface area contributed by atoms with Crippen LogP contribution in [0.5, 0.6) is 0 Å². The molecule has 6 heteroatoms. The van der Waals surface area contributed by atoms with Crippen LogP contribution in [0, 0.1) is 0 Å². The summed E-state index contributed by atoms with van der Waals surface area (Å²) in [6, 6.07) is 23.9. The highest BCUT2D eigenvalue weighted by atomic mass is 16.2. The highest BCUT2D eigenvalue weighted by Gasteiger charge is 2.24. The number of carbonyl (C=O) groups is 1. The highest BCUT2D eigenvalue weighted by molar-refractivity contribution is 5.98. The summed E-state index contributed by atoms with van der Waals surface area (Å²) in [7, 11) is 1.84. The minimum Gasteiger partial charge on any atom is -0.356 e. The van der Waals surface area contributed by atoms with Crippen molar-refractivity contribution < 1.29 is 4.79 Å². The number of amides is 1. The molecule has 0 saturated carbocycles. The monoisotopic (exact) mass is 437 g/mol. The molecule has 2 aromatic heterocycles. The summed E-state index contributed by atoms with van der Waals surface area (Å²) < 4.78 is 1.88. The molecule has 1 aliphatic heterocycles. The largest absolute Gasteiger partial charge is 0.356 e. The fraction of sp³-hybridized carbons (Fsp3) is 0.222. The van der Waals surface area contributed by atoms with E-state index in [1.165, 1.54) is 0 Å². The maximum atomic E-state index is 13.5. The average Bonchev–Trinajstić information content (AvgIpc) is 3.55. The molecule has 6 nitrogen and oxygen atoms in total. The first kappa shape index (κ1) is 20.9. The molecular formula is C27H27N5O. The van der Waals surface area contributed by atoms with Crippen molar-refractivity contribution >= 4 is 11.7 Å². The Hall–Kier alpha value is -3.93. The van der Waals surface area contributed by atoms with Gasteiger partial charge < -0.3 is 9.80 Å². The summed E-state index contributed by atoms with van der Waals surface area (Å²) in [6.45, 7) is 2.34. The van der Waals surface area contributed by atoms with Crippen LogP contribution in [-0.4, -0.2) is 45.7 Å². The molecule has 1 fully saturated rings. The van der Waals surface area contributed by atoms with E-state index in [1.807, 2.05) is 78.6 Å². The molecule has 1 amide bonds. The standard InChI is InChI=1S/C27H27N5O/c1-30(27(33)24-15-10-16-28-26(24)31-17-8-9-18-31)19-22-20-32(23-13-6-3-7-14-23)29-25(22)21-11-4-2-5-12-21/h2-7,10-16,20H,8-9,17-19H2,1H3. The van der Waals surface area contributed by atoms with Crippen molar-refractivity contribution in [2.24, 2.45) is 0 Å². The summed E-state index contributed by atoms with van der Waals surface area (Å²) in [6.07, 6.45) is 6.06. The number of carbonyl (C=O) groups excluding carboxylic acids is 1. The molecule has 0 N–H and O–H groups in total. The van der Waals surface area contributed by atoms with Gasteiger partial charge >= 0.3 is 0 Å². The Morgan fingerprint density at radius 1 is 0.939 bits per heavy atom. The van der Waals surface area contributed by atoms with Crippen molar-refractivity contribution in [3.8, 4) is 16.9 Å². The number of pyridine rings is 1. The van der Waals surface area contributed by atoms with Crippen LogP contribution < -0.4 is 4.90 Å². The molecule has 0 aliphatic carbocycles. The third-order valence-electron chi connectivity index (χ3n) is 6.03. The molecule has 1 aliphatic rings. The molecule has 5 rings (SSSR count). The van der Waals surface area contributed by atoms with Gasteiger partial charge in [0, 0.05) is 50.2 Å². The van der Waals surface area contributed by atoms with Crippen LogP contribution in [0.1, 0.15) is 28.8 Å². The van der Waals surface area contributed by atoms with Crippen LogP contribution in [0.3, 0.4) is 0 Å². The number of nitrogens with zero attached hydrogens (tertiary/aromatic N) is 5. The lowest BCUT2D eigenvalue weighted by Crippen LogP contribution is -2.29. The third kappa shape index (κ3) is 4.37. The van der Waals surface area contributed by atoms with Crippen molar-refractivity contribution in [3.05, 3.63) is 96.3 Å². The second-order valence-electron chi connectivity index (χ2n) is 8.38. The minimum absolute atomic E-state index is 0.0310. The van der Waals surface area contributed by atoms with E-state index < -0.39 is 0 Å². The predicted octanol–water partition coefficient (Wildman–Crippen LogP) is 4.81. The number of benzene rings is 2. The van der Waals surface area contributed by atoms with Crippen LogP contribution >= 0.6 is 0 Å². The molecule has 0 radical (unpaired) electrons. The number of hydrogen-bond acceptors (Lipinski definition) is 4. The molecule has 2 aromatic carbocycles. The van der Waals surface area contributed by atoms with Crippen molar-refractivity contribution in [2.75, 3.05) is 25.0 Å². The number of rotatable bonds is 6. The Kier molecular flexibility index (Phi) is 5.89. The molecule has 4 aromatic rings. The first-order valence-corrected chi connectivity index (χ1v) is 11.4. The van der Waals surface area contributed by atoms with E-state index in [0.29, 0.717) is 12.1 Å². The Labute approximate surface area is 194 Å². The zero-order chi connectivity index (χ0) is 22.6. The molecule has 1 saturated heterocycles. The molecule has 33 heavy (non-hydrogen) atoms. The number of hydrogen-bond donors (Lipinski definition) is 0. The van der Waals surface area contributed by atoms with Gasteiger partial charge in [-0.3, -0.25) is 4.79 Å². The number of aromatic nitrogens is 3. The number of para-hydroxylation sites is 1. The first-order valence-electron chi connectivity index (χ1n) is 11.4. The van der Waals surface area contributed by atoms with Crippen LogP contribution in [0.25, 0.3) is 16.9 Å². The molecule has 166 valence electrons. The van der Waals surface area contributed by atoms with Crippen molar-refractivity contribution in [3.63, 3.8) is 0 Å². The van der Waals surface area contributed by atoms with Crippen molar-refractivity contribution in [2.45, 2.75) is 19.4 Å². The van der Waals surface area contributed by atoms with Crippen LogP contribution in [0.15, 0.2) is 85.2 Å². The maximum absolute atomic E-state index is 13.5. The molecule has 3 heterocycles. The lowest BCUT2D eigenvalue weighted by molar-refractivity contribution is 0.0785. The van der Waals surface area contributed by atoms with Gasteiger partial charge in [0.15, 0.2) is 0 Å². The fourth-order valence-electron chi connectivity index (χ4n) is 4.36. The third-order valence-corrected chi connectivity index (χ3v) is 6.03. The van der Waals surface area contributed by atoms with Gasteiger partial charge in [-0.1, -0.05) is 48.5 Å². The van der Waals surface area contributed by atoms with Gasteiger partial charge in [-0.2, -0.15) is 5.10 Å². The molecule has 0 unspecified atom stereocenters. The van der Waals surface area contributed by atoms with Gasteiger partial charge in [-0.05, 0) is 37.1 Å². The normalized spacial score (nSPS) is 13.3. The van der Waals surface area contributed by atoms with Gasteiger partial charge in [-0.15, -0.1) is 0 Å². The summed E-state index contributed by atoms with van der Waals surface area (Å²) in [5.74, 6) is 0.756. The van der Waals surface area contributed by atoms with E-state index in [9.17, 15) is 4.79 Å². The van der Waals surface area contributed by atoms with E-state index in [1.54, 1.807) is 11.1 Å². The van der Waals surface area contributed by atoms with E-state index in [2.05, 4.69) is 22.0 Å². The zero-order valence-corrected chi connectivity index (χ0v) is 18.8. The molecule has 0 spiro atoms. The van der Waals surface area contributed by atoms with E-state index >= 15 is 0 Å². The Morgan fingerprint density at radius 2 is 1.64 bits per heavy atom. The second-order valence-corrected chi connectivity index (χ2v) is 8.38. The summed E-state index contributed by atoms with van der Waals surface area (Å²) in [4.78, 5) is 22.0. The van der Waals surface area contributed by atoms with Crippen LogP contribution in [0.2, 0.25) is 0 Å². The predicted molar refractivity (Wildman–Crippen MR) is 130 cm³/mol. The van der Waals surface area contributed by atoms with Crippen molar-refractivity contribution in [1.82, 2.24) is 19.7 Å². The van der Waals surface area contributed by atoms with Crippen molar-refractivity contribution in [1.29, 1.82) is 0 Å². The smallest absolute Gasteiger partial charge is 0.257 e. The SMILES string of the molecule is CN(Cc1cn(-c2ccccc2)nc1-c1ccccc1)C(=O)c1cccnc1N1CCCC1. The Bertz CT molecular complexity index is 1230. The highest BCUT2D eigenvalue weighted by Crippen LogP contribution is 2.27. The summed E-state index contributed by atoms with van der Waals surface area (Å²) in [5, 5.41) is 4.87. The quantitative estimate of drug-likeness (QED) is 0.435. The van der Waals surface area contributed by atoms with E-state index in [4.69, 9.17) is 5.10 Å². The van der Waals surface area contributed by atoms with E-state index in [0.717, 1.165) is 54.3 Å². The van der Waals surface area contributed by atoms with Gasteiger partial charge in [0.1, 0.15) is 5.82 Å². The van der Waals surface area contributed by atoms with Gasteiger partial charge in [0.05, 0.1) is 16.9 Å². The molecule has 0 bridgehead atoms. The fourth-order valence-corrected chi connectivity index (χ4v) is 4.36. The first-order chi connectivity index (χ1) is 16.2.